The Kier molecular flexibility index (Phi) is 5.61. The SMILES string of the molecule is CCCN(CC1COc2ccccc2O1)C(=O)[C@H]1CCN[C@@H](C)C1. The van der Waals surface area contributed by atoms with Gasteiger partial charge in [0.2, 0.25) is 5.91 Å². The monoisotopic (exact) mass is 332 g/mol. The van der Waals surface area contributed by atoms with E-state index in [-0.39, 0.29) is 17.9 Å². The second-order valence-corrected chi connectivity index (χ2v) is 6.86. The maximum atomic E-state index is 13.0. The number of rotatable bonds is 5. The molecule has 2 heterocycles. The number of carbonyl (C=O) groups is 1. The Morgan fingerprint density at radius 3 is 2.88 bits per heavy atom. The van der Waals surface area contributed by atoms with Crippen molar-refractivity contribution in [2.45, 2.75) is 45.3 Å². The number of para-hydroxylation sites is 2. The summed E-state index contributed by atoms with van der Waals surface area (Å²) in [6, 6.07) is 8.13. The van der Waals surface area contributed by atoms with Crippen molar-refractivity contribution in [3.63, 3.8) is 0 Å². The quantitative estimate of drug-likeness (QED) is 0.900. The van der Waals surface area contributed by atoms with Gasteiger partial charge in [-0.3, -0.25) is 4.79 Å². The molecule has 5 heteroatoms. The second kappa shape index (κ2) is 7.88. The van der Waals surface area contributed by atoms with Crippen molar-refractivity contribution in [2.75, 3.05) is 26.2 Å². The van der Waals surface area contributed by atoms with Gasteiger partial charge in [0.05, 0.1) is 6.54 Å². The first-order valence-corrected chi connectivity index (χ1v) is 9.08. The lowest BCUT2D eigenvalue weighted by atomic mass is 9.92. The molecule has 1 aromatic carbocycles. The maximum absolute atomic E-state index is 13.0. The van der Waals surface area contributed by atoms with Gasteiger partial charge in [0.1, 0.15) is 6.61 Å². The van der Waals surface area contributed by atoms with Crippen LogP contribution in [0.2, 0.25) is 0 Å². The molecular formula is C19H28N2O3. The van der Waals surface area contributed by atoms with E-state index >= 15 is 0 Å². The highest BCUT2D eigenvalue weighted by atomic mass is 16.6. The Balaban J connectivity index is 1.63. The van der Waals surface area contributed by atoms with E-state index in [1.165, 1.54) is 0 Å². The summed E-state index contributed by atoms with van der Waals surface area (Å²) in [6.45, 7) is 7.05. The molecule has 132 valence electrons. The lowest BCUT2D eigenvalue weighted by Gasteiger charge is -2.35. The summed E-state index contributed by atoms with van der Waals surface area (Å²) in [6.07, 6.45) is 2.70. The van der Waals surface area contributed by atoms with E-state index < -0.39 is 0 Å². The molecular weight excluding hydrogens is 304 g/mol. The van der Waals surface area contributed by atoms with E-state index in [4.69, 9.17) is 9.47 Å². The Labute approximate surface area is 144 Å². The molecule has 0 aliphatic carbocycles. The number of fused-ring (bicyclic) bond motifs is 1. The zero-order valence-corrected chi connectivity index (χ0v) is 14.7. The smallest absolute Gasteiger partial charge is 0.225 e. The molecule has 0 spiro atoms. The third kappa shape index (κ3) is 4.01. The number of nitrogens with zero attached hydrogens (tertiary/aromatic N) is 1. The van der Waals surface area contributed by atoms with E-state index in [1.54, 1.807) is 0 Å². The normalized spacial score (nSPS) is 26.0. The summed E-state index contributed by atoms with van der Waals surface area (Å²) >= 11 is 0. The molecule has 3 atom stereocenters. The van der Waals surface area contributed by atoms with Crippen molar-refractivity contribution in [1.29, 1.82) is 0 Å². The molecule has 1 aromatic rings. The van der Waals surface area contributed by atoms with Crippen LogP contribution in [0.5, 0.6) is 11.5 Å². The summed E-state index contributed by atoms with van der Waals surface area (Å²) in [5, 5.41) is 3.41. The van der Waals surface area contributed by atoms with Crippen LogP contribution in [0, 0.1) is 5.92 Å². The van der Waals surface area contributed by atoms with E-state index in [1.807, 2.05) is 29.2 Å². The fourth-order valence-corrected chi connectivity index (χ4v) is 3.57. The van der Waals surface area contributed by atoms with Crippen LogP contribution in [0.15, 0.2) is 24.3 Å². The van der Waals surface area contributed by atoms with E-state index in [9.17, 15) is 4.79 Å². The Hall–Kier alpha value is -1.75. The third-order valence-corrected chi connectivity index (χ3v) is 4.77. The topological polar surface area (TPSA) is 50.8 Å². The van der Waals surface area contributed by atoms with Crippen LogP contribution in [0.25, 0.3) is 0 Å². The molecule has 1 amide bonds. The lowest BCUT2D eigenvalue weighted by molar-refractivity contribution is -0.138. The molecule has 5 nitrogen and oxygen atoms in total. The summed E-state index contributed by atoms with van der Waals surface area (Å²) < 4.78 is 11.8. The first-order chi connectivity index (χ1) is 11.7. The standard InChI is InChI=1S/C19H28N2O3/c1-3-10-21(19(22)15-8-9-20-14(2)11-15)12-16-13-23-17-6-4-5-7-18(17)24-16/h4-7,14-16,20H,3,8-13H2,1-2H3/t14-,15-,16?/m0/s1. The van der Waals surface area contributed by atoms with Gasteiger partial charge in [0, 0.05) is 18.5 Å². The molecule has 2 aliphatic heterocycles. The van der Waals surface area contributed by atoms with Gasteiger partial charge in [-0.05, 0) is 44.9 Å². The lowest BCUT2D eigenvalue weighted by Crippen LogP contribution is -2.48. The minimum Gasteiger partial charge on any atom is -0.486 e. The van der Waals surface area contributed by atoms with Crippen molar-refractivity contribution in [2.24, 2.45) is 5.92 Å². The zero-order valence-electron chi connectivity index (χ0n) is 14.7. The van der Waals surface area contributed by atoms with E-state index in [0.717, 1.165) is 43.9 Å². The van der Waals surface area contributed by atoms with Crippen LogP contribution < -0.4 is 14.8 Å². The third-order valence-electron chi connectivity index (χ3n) is 4.77. The Morgan fingerprint density at radius 1 is 1.33 bits per heavy atom. The number of nitrogens with one attached hydrogen (secondary N) is 1. The molecule has 1 fully saturated rings. The molecule has 0 radical (unpaired) electrons. The molecule has 0 aromatic heterocycles. The predicted molar refractivity (Wildman–Crippen MR) is 93.4 cm³/mol. The van der Waals surface area contributed by atoms with Crippen molar-refractivity contribution < 1.29 is 14.3 Å². The average molecular weight is 332 g/mol. The van der Waals surface area contributed by atoms with E-state index in [2.05, 4.69) is 19.2 Å². The molecule has 1 N–H and O–H groups in total. The van der Waals surface area contributed by atoms with Crippen LogP contribution in [0.4, 0.5) is 0 Å². The average Bonchev–Trinajstić information content (AvgIpc) is 2.60. The Morgan fingerprint density at radius 2 is 2.12 bits per heavy atom. The van der Waals surface area contributed by atoms with Crippen molar-refractivity contribution in [3.8, 4) is 11.5 Å². The summed E-state index contributed by atoms with van der Waals surface area (Å²) in [5.41, 5.74) is 0. The molecule has 24 heavy (non-hydrogen) atoms. The van der Waals surface area contributed by atoms with Crippen LogP contribution in [-0.4, -0.2) is 49.2 Å². The largest absolute Gasteiger partial charge is 0.486 e. The van der Waals surface area contributed by atoms with Gasteiger partial charge in [-0.2, -0.15) is 0 Å². The first-order valence-electron chi connectivity index (χ1n) is 9.08. The number of carbonyl (C=O) groups excluding carboxylic acids is 1. The first kappa shape index (κ1) is 17.1. The van der Waals surface area contributed by atoms with Crippen molar-refractivity contribution in [1.82, 2.24) is 10.2 Å². The van der Waals surface area contributed by atoms with Crippen molar-refractivity contribution in [3.05, 3.63) is 24.3 Å². The van der Waals surface area contributed by atoms with Gasteiger partial charge in [-0.1, -0.05) is 19.1 Å². The summed E-state index contributed by atoms with van der Waals surface area (Å²) in [4.78, 5) is 14.9. The van der Waals surface area contributed by atoms with Gasteiger partial charge in [0.15, 0.2) is 17.6 Å². The number of ether oxygens (including phenoxy) is 2. The van der Waals surface area contributed by atoms with Crippen molar-refractivity contribution >= 4 is 5.91 Å². The molecule has 1 unspecified atom stereocenters. The number of amides is 1. The van der Waals surface area contributed by atoms with Gasteiger partial charge < -0.3 is 19.7 Å². The second-order valence-electron chi connectivity index (χ2n) is 6.86. The summed E-state index contributed by atoms with van der Waals surface area (Å²) in [7, 11) is 0. The fourth-order valence-electron chi connectivity index (χ4n) is 3.57. The number of hydrogen-bond donors (Lipinski definition) is 1. The number of hydrogen-bond acceptors (Lipinski definition) is 4. The fraction of sp³-hybridized carbons (Fsp3) is 0.632. The maximum Gasteiger partial charge on any atom is 0.225 e. The van der Waals surface area contributed by atoms with Gasteiger partial charge in [0.25, 0.3) is 0 Å². The van der Waals surface area contributed by atoms with Crippen LogP contribution in [-0.2, 0) is 4.79 Å². The molecule has 1 saturated heterocycles. The predicted octanol–water partition coefficient (Wildman–Crippen LogP) is 2.45. The van der Waals surface area contributed by atoms with Gasteiger partial charge in [-0.25, -0.2) is 0 Å². The van der Waals surface area contributed by atoms with Crippen LogP contribution in [0.3, 0.4) is 0 Å². The highest BCUT2D eigenvalue weighted by molar-refractivity contribution is 5.79. The van der Waals surface area contributed by atoms with Gasteiger partial charge in [-0.15, -0.1) is 0 Å². The number of benzene rings is 1. The van der Waals surface area contributed by atoms with Gasteiger partial charge >= 0.3 is 0 Å². The zero-order chi connectivity index (χ0) is 16.9. The Bertz CT molecular complexity index is 563. The van der Waals surface area contributed by atoms with E-state index in [0.29, 0.717) is 19.2 Å². The summed E-state index contributed by atoms with van der Waals surface area (Å²) in [5.74, 6) is 1.96. The highest BCUT2D eigenvalue weighted by Gasteiger charge is 2.31. The van der Waals surface area contributed by atoms with Crippen LogP contribution in [0.1, 0.15) is 33.1 Å². The number of piperidine rings is 1. The van der Waals surface area contributed by atoms with Crippen LogP contribution >= 0.6 is 0 Å². The molecule has 0 saturated carbocycles. The minimum absolute atomic E-state index is 0.102. The highest BCUT2D eigenvalue weighted by Crippen LogP contribution is 2.31. The molecule has 3 rings (SSSR count). The molecule has 2 aliphatic rings. The minimum atomic E-state index is -0.102. The molecule has 0 bridgehead atoms.